The summed E-state index contributed by atoms with van der Waals surface area (Å²) in [6.45, 7) is 6.26. The molecule has 0 bridgehead atoms. The zero-order valence-corrected chi connectivity index (χ0v) is 21.1. The number of rotatable bonds is 5. The van der Waals surface area contributed by atoms with E-state index in [2.05, 4.69) is 54.9 Å². The zero-order valence-electron chi connectivity index (χ0n) is 21.1. The van der Waals surface area contributed by atoms with Gasteiger partial charge in [0.1, 0.15) is 12.1 Å². The third kappa shape index (κ3) is 4.43. The first kappa shape index (κ1) is 23.2. The summed E-state index contributed by atoms with van der Waals surface area (Å²) >= 11 is 0. The summed E-state index contributed by atoms with van der Waals surface area (Å²) in [4.78, 5) is 37.6. The molecule has 1 atom stereocenters. The normalized spacial score (nSPS) is 17.7. The van der Waals surface area contributed by atoms with E-state index in [0.717, 1.165) is 49.6 Å². The van der Waals surface area contributed by atoms with Gasteiger partial charge in [0, 0.05) is 50.6 Å². The molecule has 2 aliphatic heterocycles. The van der Waals surface area contributed by atoms with Crippen LogP contribution in [0.25, 0.3) is 11.2 Å². The van der Waals surface area contributed by atoms with E-state index in [1.807, 2.05) is 21.6 Å². The Kier molecular flexibility index (Phi) is 6.07. The lowest BCUT2D eigenvalue weighted by atomic mass is 9.96. The number of pyridine rings is 1. The second kappa shape index (κ2) is 9.68. The van der Waals surface area contributed by atoms with Crippen LogP contribution in [0, 0.1) is 0 Å². The molecule has 0 radical (unpaired) electrons. The van der Waals surface area contributed by atoms with Crippen LogP contribution in [-0.4, -0.2) is 74.6 Å². The molecule has 4 aromatic rings. The predicted molar refractivity (Wildman–Crippen MR) is 141 cm³/mol. The third-order valence-corrected chi connectivity index (χ3v) is 7.35. The van der Waals surface area contributed by atoms with Crippen molar-refractivity contribution in [2.24, 2.45) is 0 Å². The number of hydrogen-bond acceptors (Lipinski definition) is 8. The minimum atomic E-state index is 0.0868. The van der Waals surface area contributed by atoms with E-state index in [1.165, 1.54) is 16.8 Å². The van der Waals surface area contributed by atoms with Crippen LogP contribution in [0.2, 0.25) is 0 Å². The smallest absolute Gasteiger partial charge is 0.242 e. The highest BCUT2D eigenvalue weighted by molar-refractivity contribution is 5.79. The summed E-state index contributed by atoms with van der Waals surface area (Å²) in [5.74, 6) is 1.44. The lowest BCUT2D eigenvalue weighted by molar-refractivity contribution is -0.134. The van der Waals surface area contributed by atoms with Crippen LogP contribution in [0.5, 0.6) is 5.88 Å². The van der Waals surface area contributed by atoms with Crippen LogP contribution < -0.4 is 14.5 Å². The summed E-state index contributed by atoms with van der Waals surface area (Å²) in [5.41, 5.74) is 5.47. The largest absolute Gasteiger partial charge is 0.480 e. The number of hydrogen-bond donors (Lipinski definition) is 0. The number of aromatic nitrogens is 5. The van der Waals surface area contributed by atoms with E-state index in [9.17, 15) is 4.79 Å². The molecule has 0 unspecified atom stereocenters. The number of carbonyl (C=O) groups excluding carboxylic acids is 1. The molecule has 10 nitrogen and oxygen atoms in total. The molecule has 6 rings (SSSR count). The Bertz CT molecular complexity index is 1440. The number of anilines is 2. The van der Waals surface area contributed by atoms with E-state index in [4.69, 9.17) is 4.74 Å². The van der Waals surface area contributed by atoms with Crippen molar-refractivity contribution in [3.8, 4) is 5.88 Å². The molecule has 1 aromatic carbocycles. The average Bonchev–Trinajstić information content (AvgIpc) is 3.35. The first-order valence-corrected chi connectivity index (χ1v) is 12.6. The molecule has 10 heteroatoms. The fraction of sp³-hybridized carbons (Fsp3) is 0.370. The number of methoxy groups -OCH3 is 1. The van der Waals surface area contributed by atoms with E-state index in [1.54, 1.807) is 32.0 Å². The van der Waals surface area contributed by atoms with Crippen molar-refractivity contribution in [3.05, 3.63) is 66.4 Å². The number of piperazine rings is 1. The second-order valence-corrected chi connectivity index (χ2v) is 9.61. The molecule has 5 heterocycles. The van der Waals surface area contributed by atoms with Crippen LogP contribution in [0.1, 0.15) is 18.1 Å². The summed E-state index contributed by atoms with van der Waals surface area (Å²) in [6.07, 6.45) is 7.80. The highest BCUT2D eigenvalue weighted by atomic mass is 16.5. The molecule has 0 aliphatic carbocycles. The first-order valence-electron chi connectivity index (χ1n) is 12.6. The molecule has 0 spiro atoms. The van der Waals surface area contributed by atoms with Crippen molar-refractivity contribution in [1.29, 1.82) is 0 Å². The topological polar surface area (TPSA) is 92.5 Å². The van der Waals surface area contributed by atoms with Crippen molar-refractivity contribution in [3.63, 3.8) is 0 Å². The summed E-state index contributed by atoms with van der Waals surface area (Å²) in [6, 6.07) is 10.4. The molecule has 2 aliphatic rings. The van der Waals surface area contributed by atoms with Gasteiger partial charge in [0.25, 0.3) is 0 Å². The Balaban J connectivity index is 1.17. The summed E-state index contributed by atoms with van der Waals surface area (Å²) in [7, 11) is 1.61. The first-order chi connectivity index (χ1) is 18.1. The Labute approximate surface area is 215 Å². The van der Waals surface area contributed by atoms with E-state index in [0.29, 0.717) is 12.4 Å². The molecule has 0 saturated carbocycles. The molecular weight excluding hydrogens is 468 g/mol. The number of ether oxygens (including phenoxy) is 1. The van der Waals surface area contributed by atoms with Crippen LogP contribution in [0.15, 0.2) is 55.2 Å². The number of amides is 1. The van der Waals surface area contributed by atoms with Crippen molar-refractivity contribution < 1.29 is 9.53 Å². The quantitative estimate of drug-likeness (QED) is 0.415. The second-order valence-electron chi connectivity index (χ2n) is 9.61. The predicted octanol–water partition coefficient (Wildman–Crippen LogP) is 2.53. The number of benzene rings is 1. The standard InChI is InChI=1S/C27H30N8O2/c1-19-15-32(11-12-35(19)26(36)17-34-18-30-22-6-4-9-29-27(22)34)23-7-3-5-20-8-10-33(16-21(20)23)24-13-28-14-25(31-24)37-2/h3-7,9,13-14,18-19H,8,10-12,15-17H2,1-2H3/t19-/m1/s1. The van der Waals surface area contributed by atoms with Gasteiger partial charge in [-0.25, -0.2) is 9.97 Å². The fourth-order valence-corrected chi connectivity index (χ4v) is 5.44. The van der Waals surface area contributed by atoms with Gasteiger partial charge in [0.2, 0.25) is 11.8 Å². The van der Waals surface area contributed by atoms with Gasteiger partial charge in [-0.15, -0.1) is 0 Å². The number of imidazole rings is 1. The van der Waals surface area contributed by atoms with Crippen molar-refractivity contribution in [2.75, 3.05) is 43.1 Å². The maximum atomic E-state index is 13.2. The fourth-order valence-electron chi connectivity index (χ4n) is 5.44. The lowest BCUT2D eigenvalue weighted by Gasteiger charge is -2.42. The molecule has 1 fully saturated rings. The highest BCUT2D eigenvalue weighted by Gasteiger charge is 2.30. The Morgan fingerprint density at radius 1 is 1.08 bits per heavy atom. The van der Waals surface area contributed by atoms with Crippen molar-refractivity contribution in [2.45, 2.75) is 32.5 Å². The van der Waals surface area contributed by atoms with Gasteiger partial charge in [0.05, 0.1) is 25.8 Å². The SMILES string of the molecule is COc1cncc(N2CCc3cccc(N4CCN(C(=O)Cn5cnc6cccnc65)[C@H](C)C4)c3C2)n1. The van der Waals surface area contributed by atoms with Crippen molar-refractivity contribution in [1.82, 2.24) is 29.4 Å². The molecule has 3 aromatic heterocycles. The van der Waals surface area contributed by atoms with Gasteiger partial charge in [0.15, 0.2) is 11.5 Å². The number of fused-ring (bicyclic) bond motifs is 2. The minimum Gasteiger partial charge on any atom is -0.480 e. The monoisotopic (exact) mass is 498 g/mol. The Morgan fingerprint density at radius 3 is 2.86 bits per heavy atom. The lowest BCUT2D eigenvalue weighted by Crippen LogP contribution is -2.55. The maximum absolute atomic E-state index is 13.2. The Hall–Kier alpha value is -4.21. The van der Waals surface area contributed by atoms with Crippen LogP contribution in [0.3, 0.4) is 0 Å². The number of carbonyl (C=O) groups is 1. The van der Waals surface area contributed by atoms with E-state index < -0.39 is 0 Å². The van der Waals surface area contributed by atoms with Gasteiger partial charge in [-0.2, -0.15) is 4.98 Å². The van der Waals surface area contributed by atoms with E-state index in [-0.39, 0.29) is 18.5 Å². The maximum Gasteiger partial charge on any atom is 0.242 e. The highest BCUT2D eigenvalue weighted by Crippen LogP contribution is 2.32. The third-order valence-electron chi connectivity index (χ3n) is 7.35. The summed E-state index contributed by atoms with van der Waals surface area (Å²) < 4.78 is 7.11. The molecule has 0 N–H and O–H groups in total. The molecular formula is C27H30N8O2. The van der Waals surface area contributed by atoms with Crippen LogP contribution in [-0.2, 0) is 24.3 Å². The summed E-state index contributed by atoms with van der Waals surface area (Å²) in [5, 5.41) is 0. The van der Waals surface area contributed by atoms with Gasteiger partial charge < -0.3 is 24.0 Å². The van der Waals surface area contributed by atoms with Gasteiger partial charge in [-0.3, -0.25) is 9.78 Å². The minimum absolute atomic E-state index is 0.0868. The molecule has 1 saturated heterocycles. The molecule has 1 amide bonds. The average molecular weight is 499 g/mol. The van der Waals surface area contributed by atoms with Gasteiger partial charge in [-0.1, -0.05) is 12.1 Å². The number of nitrogens with zero attached hydrogens (tertiary/aromatic N) is 8. The van der Waals surface area contributed by atoms with Crippen LogP contribution >= 0.6 is 0 Å². The molecule has 190 valence electrons. The molecule has 37 heavy (non-hydrogen) atoms. The Morgan fingerprint density at radius 2 is 2.00 bits per heavy atom. The van der Waals surface area contributed by atoms with Crippen molar-refractivity contribution >= 4 is 28.6 Å². The van der Waals surface area contributed by atoms with Gasteiger partial charge >= 0.3 is 0 Å². The zero-order chi connectivity index (χ0) is 25.4. The van der Waals surface area contributed by atoms with E-state index >= 15 is 0 Å². The van der Waals surface area contributed by atoms with Crippen LogP contribution in [0.4, 0.5) is 11.5 Å². The van der Waals surface area contributed by atoms with Gasteiger partial charge in [-0.05, 0) is 42.7 Å².